The standard InChI is InChI=1S/C14H17FN4O3S/c1-10(19-8-4-7-16-19)14(20)17-13-9-11(5-6-12(13)15)23(21,22)18(2)3/h4-10H,1-3H3,(H,17,20)/t10-/m0/s1. The van der Waals surface area contributed by atoms with Gasteiger partial charge in [0.1, 0.15) is 11.9 Å². The maximum Gasteiger partial charge on any atom is 0.249 e. The number of amides is 1. The lowest BCUT2D eigenvalue weighted by atomic mass is 10.2. The number of nitrogens with zero attached hydrogens (tertiary/aromatic N) is 3. The molecule has 23 heavy (non-hydrogen) atoms. The lowest BCUT2D eigenvalue weighted by Crippen LogP contribution is -2.25. The van der Waals surface area contributed by atoms with Crippen LogP contribution in [0.3, 0.4) is 0 Å². The maximum absolute atomic E-state index is 13.9. The van der Waals surface area contributed by atoms with Gasteiger partial charge >= 0.3 is 0 Å². The zero-order valence-corrected chi connectivity index (χ0v) is 13.7. The highest BCUT2D eigenvalue weighted by Crippen LogP contribution is 2.22. The van der Waals surface area contributed by atoms with E-state index in [-0.39, 0.29) is 10.6 Å². The summed E-state index contributed by atoms with van der Waals surface area (Å²) >= 11 is 0. The minimum absolute atomic E-state index is 0.106. The Balaban J connectivity index is 2.28. The van der Waals surface area contributed by atoms with Crippen molar-refractivity contribution in [3.63, 3.8) is 0 Å². The van der Waals surface area contributed by atoms with Crippen molar-refractivity contribution in [3.8, 4) is 0 Å². The van der Waals surface area contributed by atoms with Gasteiger partial charge in [-0.3, -0.25) is 9.48 Å². The topological polar surface area (TPSA) is 84.3 Å². The lowest BCUT2D eigenvalue weighted by molar-refractivity contribution is -0.119. The minimum atomic E-state index is -3.72. The van der Waals surface area contributed by atoms with Gasteiger partial charge in [-0.1, -0.05) is 0 Å². The second kappa shape index (κ2) is 6.47. The fourth-order valence-electron chi connectivity index (χ4n) is 1.84. The van der Waals surface area contributed by atoms with Gasteiger partial charge in [0.05, 0.1) is 10.6 Å². The molecule has 1 atom stereocenters. The van der Waals surface area contributed by atoms with Gasteiger partial charge in [-0.25, -0.2) is 17.1 Å². The Morgan fingerprint density at radius 1 is 1.39 bits per heavy atom. The Morgan fingerprint density at radius 2 is 2.09 bits per heavy atom. The number of benzene rings is 1. The molecule has 0 fully saturated rings. The molecule has 9 heteroatoms. The predicted molar refractivity (Wildman–Crippen MR) is 82.8 cm³/mol. The van der Waals surface area contributed by atoms with E-state index in [1.165, 1.54) is 25.0 Å². The van der Waals surface area contributed by atoms with E-state index >= 15 is 0 Å². The number of hydrogen-bond acceptors (Lipinski definition) is 4. The molecule has 0 aliphatic rings. The fourth-order valence-corrected chi connectivity index (χ4v) is 2.77. The third-order valence-corrected chi connectivity index (χ3v) is 5.09. The van der Waals surface area contributed by atoms with Gasteiger partial charge in [0.25, 0.3) is 0 Å². The van der Waals surface area contributed by atoms with Gasteiger partial charge in [-0.05, 0) is 31.2 Å². The summed E-state index contributed by atoms with van der Waals surface area (Å²) in [4.78, 5) is 12.1. The highest BCUT2D eigenvalue weighted by Gasteiger charge is 2.21. The first-order valence-electron chi connectivity index (χ1n) is 6.75. The van der Waals surface area contributed by atoms with Crippen LogP contribution in [0.2, 0.25) is 0 Å². The molecule has 1 N–H and O–H groups in total. The van der Waals surface area contributed by atoms with Crippen LogP contribution in [0.1, 0.15) is 13.0 Å². The number of carbonyl (C=O) groups excluding carboxylic acids is 1. The van der Waals surface area contributed by atoms with E-state index in [9.17, 15) is 17.6 Å². The molecule has 1 aromatic carbocycles. The monoisotopic (exact) mass is 340 g/mol. The van der Waals surface area contributed by atoms with Gasteiger partial charge < -0.3 is 5.32 Å². The van der Waals surface area contributed by atoms with Crippen LogP contribution in [0.15, 0.2) is 41.6 Å². The molecule has 0 radical (unpaired) electrons. The van der Waals surface area contributed by atoms with Gasteiger partial charge in [0, 0.05) is 26.5 Å². The molecule has 0 aliphatic heterocycles. The molecule has 1 heterocycles. The summed E-state index contributed by atoms with van der Waals surface area (Å²) in [5.41, 5.74) is -0.197. The molecule has 7 nitrogen and oxygen atoms in total. The Bertz CT molecular complexity index is 803. The molecule has 0 bridgehead atoms. The molecule has 1 aromatic heterocycles. The summed E-state index contributed by atoms with van der Waals surface area (Å²) < 4.78 is 40.5. The fraction of sp³-hybridized carbons (Fsp3) is 0.286. The Hall–Kier alpha value is -2.26. The van der Waals surface area contributed by atoms with Crippen LogP contribution in [0.25, 0.3) is 0 Å². The van der Waals surface area contributed by atoms with Crippen molar-refractivity contribution < 1.29 is 17.6 Å². The van der Waals surface area contributed by atoms with Crippen molar-refractivity contribution in [1.29, 1.82) is 0 Å². The van der Waals surface area contributed by atoms with Crippen molar-refractivity contribution in [2.45, 2.75) is 17.9 Å². The van der Waals surface area contributed by atoms with Crippen LogP contribution in [-0.4, -0.2) is 42.5 Å². The summed E-state index contributed by atoms with van der Waals surface area (Å²) in [5, 5.41) is 6.33. The number of aromatic nitrogens is 2. The number of hydrogen-bond donors (Lipinski definition) is 1. The van der Waals surface area contributed by atoms with Crippen molar-refractivity contribution in [1.82, 2.24) is 14.1 Å². The van der Waals surface area contributed by atoms with Crippen LogP contribution in [0.5, 0.6) is 0 Å². The molecule has 2 aromatic rings. The number of nitrogens with one attached hydrogen (secondary N) is 1. The largest absolute Gasteiger partial charge is 0.322 e. The summed E-state index contributed by atoms with van der Waals surface area (Å²) in [6, 6.07) is 4.24. The van der Waals surface area contributed by atoms with Crippen molar-refractivity contribution >= 4 is 21.6 Å². The van der Waals surface area contributed by atoms with Crippen molar-refractivity contribution in [3.05, 3.63) is 42.5 Å². The lowest BCUT2D eigenvalue weighted by Gasteiger charge is -2.15. The first-order chi connectivity index (χ1) is 10.7. The van der Waals surface area contributed by atoms with E-state index < -0.39 is 27.8 Å². The van der Waals surface area contributed by atoms with E-state index in [1.54, 1.807) is 19.2 Å². The van der Waals surface area contributed by atoms with Crippen LogP contribution in [-0.2, 0) is 14.8 Å². The van der Waals surface area contributed by atoms with Crippen LogP contribution < -0.4 is 5.32 Å². The Labute approximate surface area is 133 Å². The number of sulfonamides is 1. The highest BCUT2D eigenvalue weighted by atomic mass is 32.2. The molecule has 124 valence electrons. The molecular formula is C14H17FN4O3S. The van der Waals surface area contributed by atoms with E-state index in [2.05, 4.69) is 10.4 Å². The first-order valence-corrected chi connectivity index (χ1v) is 8.19. The number of rotatable bonds is 5. The molecule has 1 amide bonds. The van der Waals surface area contributed by atoms with Gasteiger partial charge in [-0.15, -0.1) is 0 Å². The van der Waals surface area contributed by atoms with Crippen LogP contribution in [0.4, 0.5) is 10.1 Å². The minimum Gasteiger partial charge on any atom is -0.322 e. The highest BCUT2D eigenvalue weighted by molar-refractivity contribution is 7.89. The normalized spacial score (nSPS) is 13.1. The third kappa shape index (κ3) is 3.57. The van der Waals surface area contributed by atoms with E-state index in [1.807, 2.05) is 0 Å². The average Bonchev–Trinajstić information content (AvgIpc) is 3.02. The summed E-state index contributed by atoms with van der Waals surface area (Å²) in [6.07, 6.45) is 3.13. The molecule has 0 saturated carbocycles. The molecule has 0 aliphatic carbocycles. The summed E-state index contributed by atoms with van der Waals surface area (Å²) in [7, 11) is -0.974. The number of carbonyl (C=O) groups is 1. The molecule has 2 rings (SSSR count). The number of anilines is 1. The molecule has 0 unspecified atom stereocenters. The molecule has 0 saturated heterocycles. The SMILES string of the molecule is C[C@@H](C(=O)Nc1cc(S(=O)(=O)N(C)C)ccc1F)n1cccn1. The van der Waals surface area contributed by atoms with Crippen molar-refractivity contribution in [2.75, 3.05) is 19.4 Å². The zero-order chi connectivity index (χ0) is 17.2. The average molecular weight is 340 g/mol. The first kappa shape index (κ1) is 17.1. The second-order valence-corrected chi connectivity index (χ2v) is 7.23. The number of halogens is 1. The Morgan fingerprint density at radius 3 is 2.65 bits per heavy atom. The predicted octanol–water partition coefficient (Wildman–Crippen LogP) is 1.47. The quantitative estimate of drug-likeness (QED) is 0.893. The second-order valence-electron chi connectivity index (χ2n) is 5.08. The van der Waals surface area contributed by atoms with Crippen LogP contribution >= 0.6 is 0 Å². The van der Waals surface area contributed by atoms with Gasteiger partial charge in [-0.2, -0.15) is 5.10 Å². The van der Waals surface area contributed by atoms with Gasteiger partial charge in [0.15, 0.2) is 0 Å². The molecular weight excluding hydrogens is 323 g/mol. The maximum atomic E-state index is 13.9. The zero-order valence-electron chi connectivity index (χ0n) is 12.9. The Kier molecular flexibility index (Phi) is 4.81. The van der Waals surface area contributed by atoms with E-state index in [0.717, 1.165) is 22.5 Å². The van der Waals surface area contributed by atoms with Crippen molar-refractivity contribution in [2.24, 2.45) is 0 Å². The smallest absolute Gasteiger partial charge is 0.249 e. The molecule has 0 spiro atoms. The summed E-state index contributed by atoms with van der Waals surface area (Å²) in [6.45, 7) is 1.60. The van der Waals surface area contributed by atoms with Gasteiger partial charge in [0.2, 0.25) is 15.9 Å². The van der Waals surface area contributed by atoms with E-state index in [0.29, 0.717) is 0 Å². The van der Waals surface area contributed by atoms with E-state index in [4.69, 9.17) is 0 Å². The summed E-state index contributed by atoms with van der Waals surface area (Å²) in [5.74, 6) is -1.23. The third-order valence-electron chi connectivity index (χ3n) is 3.28. The van der Waals surface area contributed by atoms with Crippen LogP contribution in [0, 0.1) is 5.82 Å².